The maximum atomic E-state index is 13.2. The molecule has 1 heterocycles. The van der Waals surface area contributed by atoms with Gasteiger partial charge in [-0.25, -0.2) is 4.79 Å². The third kappa shape index (κ3) is 4.97. The molecule has 0 radical (unpaired) electrons. The van der Waals surface area contributed by atoms with Crippen molar-refractivity contribution in [3.63, 3.8) is 0 Å². The van der Waals surface area contributed by atoms with E-state index in [1.54, 1.807) is 26.0 Å². The van der Waals surface area contributed by atoms with Crippen LogP contribution in [0.25, 0.3) is 0 Å². The Morgan fingerprint density at radius 2 is 1.89 bits per heavy atom. The third-order valence-corrected chi connectivity index (χ3v) is 7.90. The lowest BCUT2D eigenvalue weighted by Gasteiger charge is -2.19. The molecular formula is C27H30O8S. The van der Waals surface area contributed by atoms with E-state index in [2.05, 4.69) is 0 Å². The van der Waals surface area contributed by atoms with Crippen molar-refractivity contribution in [2.24, 2.45) is 5.92 Å². The fourth-order valence-electron chi connectivity index (χ4n) is 4.74. The molecular weight excluding hydrogens is 484 g/mol. The van der Waals surface area contributed by atoms with Crippen LogP contribution < -0.4 is 8.92 Å². The van der Waals surface area contributed by atoms with Gasteiger partial charge >= 0.3 is 22.1 Å². The Bertz CT molecular complexity index is 1320. The van der Waals surface area contributed by atoms with Gasteiger partial charge in [0.25, 0.3) is 0 Å². The fourth-order valence-corrected chi connectivity index (χ4v) is 5.71. The minimum absolute atomic E-state index is 0.0138. The fraction of sp³-hybridized carbons (Fsp3) is 0.407. The number of carbonyl (C=O) groups excluding carboxylic acids is 2. The number of aryl methyl sites for hydroxylation is 1. The van der Waals surface area contributed by atoms with Crippen molar-refractivity contribution in [1.29, 1.82) is 0 Å². The average Bonchev–Trinajstić information content (AvgIpc) is 3.47. The number of hydrogen-bond donors (Lipinski definition) is 0. The lowest BCUT2D eigenvalue weighted by molar-refractivity contribution is -0.147. The van der Waals surface area contributed by atoms with Crippen molar-refractivity contribution in [3.05, 3.63) is 63.7 Å². The Hall–Kier alpha value is -3.33. The topological polar surface area (TPSA) is 105 Å². The minimum Gasteiger partial charge on any atom is -0.496 e. The molecule has 2 aromatic carbocycles. The number of benzene rings is 2. The van der Waals surface area contributed by atoms with Crippen molar-refractivity contribution in [1.82, 2.24) is 0 Å². The Balaban J connectivity index is 1.75. The number of hydrogen-bond acceptors (Lipinski definition) is 8. The SMILES string of the molecule is CCOC(=O)C1CC/C(=C\Cc2c(OC)c(C)c3c(c2OS(=O)(=O)c2ccc(C)cc2)C(=O)OC3)C1. The Kier molecular flexibility index (Phi) is 7.40. The van der Waals surface area contributed by atoms with E-state index in [1.807, 2.05) is 13.0 Å². The van der Waals surface area contributed by atoms with Crippen LogP contribution in [0.4, 0.5) is 0 Å². The molecule has 2 aromatic rings. The van der Waals surface area contributed by atoms with E-state index < -0.39 is 16.1 Å². The van der Waals surface area contributed by atoms with E-state index in [0.29, 0.717) is 41.9 Å². The van der Waals surface area contributed by atoms with Crippen LogP contribution in [0, 0.1) is 19.8 Å². The number of rotatable bonds is 8. The van der Waals surface area contributed by atoms with Gasteiger partial charge in [-0.15, -0.1) is 0 Å². The summed E-state index contributed by atoms with van der Waals surface area (Å²) in [6.45, 7) is 5.79. The van der Waals surface area contributed by atoms with E-state index in [4.69, 9.17) is 18.4 Å². The van der Waals surface area contributed by atoms with Gasteiger partial charge < -0.3 is 18.4 Å². The summed E-state index contributed by atoms with van der Waals surface area (Å²) in [6.07, 6.45) is 4.21. The number of methoxy groups -OCH3 is 1. The number of carbonyl (C=O) groups is 2. The quantitative estimate of drug-likeness (QED) is 0.286. The van der Waals surface area contributed by atoms with E-state index in [-0.39, 0.29) is 41.1 Å². The highest BCUT2D eigenvalue weighted by molar-refractivity contribution is 7.87. The molecule has 9 heteroatoms. The van der Waals surface area contributed by atoms with Crippen LogP contribution in [-0.4, -0.2) is 34.1 Å². The first kappa shape index (κ1) is 25.8. The Morgan fingerprint density at radius 3 is 2.56 bits per heavy atom. The summed E-state index contributed by atoms with van der Waals surface area (Å²) in [6, 6.07) is 6.28. The number of esters is 2. The molecule has 0 N–H and O–H groups in total. The van der Waals surface area contributed by atoms with Gasteiger partial charge in [0, 0.05) is 11.1 Å². The number of ether oxygens (including phenoxy) is 3. The van der Waals surface area contributed by atoms with Crippen molar-refractivity contribution >= 4 is 22.1 Å². The maximum absolute atomic E-state index is 13.2. The molecule has 2 aliphatic rings. The summed E-state index contributed by atoms with van der Waals surface area (Å²) in [7, 11) is -2.75. The third-order valence-electron chi connectivity index (χ3n) is 6.67. The minimum atomic E-state index is -4.24. The molecule has 0 bridgehead atoms. The lowest BCUT2D eigenvalue weighted by atomic mass is 9.94. The van der Waals surface area contributed by atoms with Crippen LogP contribution in [-0.2, 0) is 37.4 Å². The van der Waals surface area contributed by atoms with Gasteiger partial charge in [-0.2, -0.15) is 8.42 Å². The molecule has 0 amide bonds. The van der Waals surface area contributed by atoms with Crippen LogP contribution in [0.1, 0.15) is 58.8 Å². The Morgan fingerprint density at radius 1 is 1.17 bits per heavy atom. The summed E-state index contributed by atoms with van der Waals surface area (Å²) in [5.41, 5.74) is 3.75. The first-order valence-corrected chi connectivity index (χ1v) is 13.3. The molecule has 1 aliphatic carbocycles. The zero-order valence-electron chi connectivity index (χ0n) is 20.9. The summed E-state index contributed by atoms with van der Waals surface area (Å²) in [5.74, 6) is -0.664. The van der Waals surface area contributed by atoms with Crippen LogP contribution in [0.5, 0.6) is 11.5 Å². The van der Waals surface area contributed by atoms with Crippen molar-refractivity contribution in [2.45, 2.75) is 58.0 Å². The van der Waals surface area contributed by atoms with E-state index in [0.717, 1.165) is 17.6 Å². The first-order valence-electron chi connectivity index (χ1n) is 11.9. The van der Waals surface area contributed by atoms with Crippen LogP contribution in [0.2, 0.25) is 0 Å². The lowest BCUT2D eigenvalue weighted by Crippen LogP contribution is -2.15. The van der Waals surface area contributed by atoms with Gasteiger partial charge in [0.1, 0.15) is 22.8 Å². The second-order valence-corrected chi connectivity index (χ2v) is 10.6. The largest absolute Gasteiger partial charge is 0.496 e. The average molecular weight is 515 g/mol. The van der Waals surface area contributed by atoms with Gasteiger partial charge in [0.05, 0.1) is 19.6 Å². The molecule has 0 saturated heterocycles. The summed E-state index contributed by atoms with van der Waals surface area (Å²) >= 11 is 0. The molecule has 1 atom stereocenters. The van der Waals surface area contributed by atoms with Crippen molar-refractivity contribution < 1.29 is 36.4 Å². The molecule has 1 aliphatic heterocycles. The van der Waals surface area contributed by atoms with Gasteiger partial charge in [0.2, 0.25) is 0 Å². The second-order valence-electron chi connectivity index (χ2n) is 9.00. The standard InChI is InChI=1S/C27H30O8S/c1-5-33-26(28)19-10-8-18(14-19)9-13-21-24(32-4)17(3)22-15-34-27(29)23(22)25(21)35-36(30,31)20-11-6-16(2)7-12-20/h6-7,9,11-12,19H,5,8,10,13-15H2,1-4H3/b18-9+. The Labute approximate surface area is 211 Å². The molecule has 36 heavy (non-hydrogen) atoms. The molecule has 1 unspecified atom stereocenters. The van der Waals surface area contributed by atoms with Crippen molar-refractivity contribution in [2.75, 3.05) is 13.7 Å². The normalized spacial score (nSPS) is 18.2. The summed E-state index contributed by atoms with van der Waals surface area (Å²) < 4.78 is 48.2. The van der Waals surface area contributed by atoms with Gasteiger partial charge in [-0.1, -0.05) is 29.3 Å². The van der Waals surface area contributed by atoms with E-state index in [1.165, 1.54) is 19.2 Å². The molecule has 0 spiro atoms. The summed E-state index contributed by atoms with van der Waals surface area (Å²) in [5, 5.41) is 0. The zero-order valence-corrected chi connectivity index (χ0v) is 21.7. The molecule has 8 nitrogen and oxygen atoms in total. The van der Waals surface area contributed by atoms with E-state index >= 15 is 0 Å². The van der Waals surface area contributed by atoms with Crippen LogP contribution >= 0.6 is 0 Å². The van der Waals surface area contributed by atoms with Crippen LogP contribution in [0.3, 0.4) is 0 Å². The number of fused-ring (bicyclic) bond motifs is 1. The van der Waals surface area contributed by atoms with Gasteiger partial charge in [-0.3, -0.25) is 4.79 Å². The highest BCUT2D eigenvalue weighted by Gasteiger charge is 2.36. The molecule has 4 rings (SSSR count). The smallest absolute Gasteiger partial charge is 0.342 e. The second kappa shape index (κ2) is 10.3. The monoisotopic (exact) mass is 514 g/mol. The predicted molar refractivity (Wildman–Crippen MR) is 132 cm³/mol. The highest BCUT2D eigenvalue weighted by Crippen LogP contribution is 2.44. The predicted octanol–water partition coefficient (Wildman–Crippen LogP) is 4.58. The molecule has 0 aromatic heterocycles. The first-order chi connectivity index (χ1) is 17.2. The highest BCUT2D eigenvalue weighted by atomic mass is 32.2. The number of allylic oxidation sites excluding steroid dienone is 2. The maximum Gasteiger partial charge on any atom is 0.342 e. The molecule has 1 fully saturated rings. The summed E-state index contributed by atoms with van der Waals surface area (Å²) in [4.78, 5) is 24.8. The molecule has 1 saturated carbocycles. The zero-order chi connectivity index (χ0) is 26.0. The molecule has 192 valence electrons. The van der Waals surface area contributed by atoms with Gasteiger partial charge in [0.15, 0.2) is 5.75 Å². The van der Waals surface area contributed by atoms with Crippen molar-refractivity contribution in [3.8, 4) is 11.5 Å². The number of cyclic esters (lactones) is 1. The van der Waals surface area contributed by atoms with Crippen LogP contribution in [0.15, 0.2) is 40.8 Å². The van der Waals surface area contributed by atoms with Gasteiger partial charge in [-0.05, 0) is 64.2 Å². The van der Waals surface area contributed by atoms with E-state index in [9.17, 15) is 18.0 Å².